The second kappa shape index (κ2) is 5.12. The summed E-state index contributed by atoms with van der Waals surface area (Å²) >= 11 is 0. The van der Waals surface area contributed by atoms with Crippen molar-refractivity contribution in [1.82, 2.24) is 9.78 Å². The van der Waals surface area contributed by atoms with Crippen molar-refractivity contribution < 1.29 is 4.21 Å². The lowest BCUT2D eigenvalue weighted by Gasteiger charge is -2.13. The fourth-order valence-corrected chi connectivity index (χ4v) is 2.37. The highest BCUT2D eigenvalue weighted by atomic mass is 32.2. The number of nitriles is 1. The number of nitrogens with zero attached hydrogens (tertiary/aromatic N) is 3. The zero-order valence-corrected chi connectivity index (χ0v) is 10.8. The number of aromatic nitrogens is 2. The third-order valence-electron chi connectivity index (χ3n) is 2.20. The van der Waals surface area contributed by atoms with E-state index in [2.05, 4.69) is 16.5 Å². The van der Waals surface area contributed by atoms with Gasteiger partial charge in [0.05, 0.1) is 5.69 Å². The van der Waals surface area contributed by atoms with E-state index < -0.39 is 10.8 Å². The average molecular weight is 240 g/mol. The topological polar surface area (TPSA) is 70.7 Å². The standard InChI is InChI=1S/C10H16N4OS/c1-7(6-16(4)15)12-10-9(5-11)8(2)13-14(10)3/h7,12H,6H2,1-4H3. The molecule has 16 heavy (non-hydrogen) atoms. The molecule has 0 amide bonds. The van der Waals surface area contributed by atoms with E-state index in [1.807, 2.05) is 6.92 Å². The first-order chi connectivity index (χ1) is 7.45. The summed E-state index contributed by atoms with van der Waals surface area (Å²) in [6, 6.07) is 2.17. The predicted molar refractivity (Wildman–Crippen MR) is 64.7 cm³/mol. The van der Waals surface area contributed by atoms with Crippen LogP contribution in [0.4, 0.5) is 5.82 Å². The van der Waals surface area contributed by atoms with Gasteiger partial charge in [-0.25, -0.2) is 0 Å². The first-order valence-corrected chi connectivity index (χ1v) is 6.68. The molecule has 0 spiro atoms. The fraction of sp³-hybridized carbons (Fsp3) is 0.600. The monoisotopic (exact) mass is 240 g/mol. The van der Waals surface area contributed by atoms with Crippen molar-refractivity contribution in [3.05, 3.63) is 11.3 Å². The minimum absolute atomic E-state index is 0.0488. The molecular weight excluding hydrogens is 224 g/mol. The average Bonchev–Trinajstić information content (AvgIpc) is 2.40. The quantitative estimate of drug-likeness (QED) is 0.844. The number of rotatable bonds is 4. The van der Waals surface area contributed by atoms with E-state index in [9.17, 15) is 4.21 Å². The molecule has 0 radical (unpaired) electrons. The highest BCUT2D eigenvalue weighted by Gasteiger charge is 2.15. The maximum absolute atomic E-state index is 11.1. The van der Waals surface area contributed by atoms with Crippen molar-refractivity contribution in [1.29, 1.82) is 5.26 Å². The molecule has 0 aliphatic carbocycles. The summed E-state index contributed by atoms with van der Waals surface area (Å²) in [5.74, 6) is 1.24. The van der Waals surface area contributed by atoms with Gasteiger partial charge >= 0.3 is 0 Å². The first-order valence-electron chi connectivity index (χ1n) is 4.96. The van der Waals surface area contributed by atoms with Gasteiger partial charge in [-0.2, -0.15) is 10.4 Å². The molecule has 1 aromatic heterocycles. The number of aryl methyl sites for hydroxylation is 2. The van der Waals surface area contributed by atoms with Gasteiger partial charge in [-0.1, -0.05) is 0 Å². The summed E-state index contributed by atoms with van der Waals surface area (Å²) in [5.41, 5.74) is 1.26. The van der Waals surface area contributed by atoms with Crippen LogP contribution in [0.1, 0.15) is 18.2 Å². The van der Waals surface area contributed by atoms with Crippen LogP contribution in [0, 0.1) is 18.3 Å². The Kier molecular flexibility index (Phi) is 4.07. The predicted octanol–water partition coefficient (Wildman–Crippen LogP) is 0.779. The molecule has 2 unspecified atom stereocenters. The number of nitrogens with one attached hydrogen (secondary N) is 1. The molecule has 0 bridgehead atoms. The van der Waals surface area contributed by atoms with Crippen LogP contribution in [0.2, 0.25) is 0 Å². The Balaban J connectivity index is 2.89. The molecule has 0 saturated heterocycles. The normalized spacial score (nSPS) is 14.2. The summed E-state index contributed by atoms with van der Waals surface area (Å²) < 4.78 is 12.7. The second-order valence-corrected chi connectivity index (χ2v) is 5.31. The third kappa shape index (κ3) is 2.83. The Bertz CT molecular complexity index is 446. The second-order valence-electron chi connectivity index (χ2n) is 3.83. The van der Waals surface area contributed by atoms with Gasteiger partial charge < -0.3 is 5.32 Å². The lowest BCUT2D eigenvalue weighted by atomic mass is 10.2. The molecule has 0 aliphatic heterocycles. The molecule has 5 nitrogen and oxygen atoms in total. The largest absolute Gasteiger partial charge is 0.366 e. The molecule has 1 rings (SSSR count). The molecule has 6 heteroatoms. The fourth-order valence-electron chi connectivity index (χ4n) is 1.58. The smallest absolute Gasteiger partial charge is 0.142 e. The van der Waals surface area contributed by atoms with Crippen molar-refractivity contribution in [2.24, 2.45) is 7.05 Å². The summed E-state index contributed by atoms with van der Waals surface area (Å²) in [7, 11) is 0.931. The molecule has 0 saturated carbocycles. The van der Waals surface area contributed by atoms with E-state index in [0.717, 1.165) is 0 Å². The van der Waals surface area contributed by atoms with E-state index in [0.29, 0.717) is 22.8 Å². The van der Waals surface area contributed by atoms with E-state index in [1.165, 1.54) is 0 Å². The van der Waals surface area contributed by atoms with Gasteiger partial charge in [0.15, 0.2) is 0 Å². The van der Waals surface area contributed by atoms with E-state index in [-0.39, 0.29) is 6.04 Å². The lowest BCUT2D eigenvalue weighted by Crippen LogP contribution is -2.24. The van der Waals surface area contributed by atoms with Crippen LogP contribution in [0.3, 0.4) is 0 Å². The molecule has 1 aromatic rings. The van der Waals surface area contributed by atoms with Gasteiger partial charge in [-0.15, -0.1) is 0 Å². The van der Waals surface area contributed by atoms with Crippen LogP contribution in [-0.4, -0.2) is 32.0 Å². The van der Waals surface area contributed by atoms with Gasteiger partial charge in [0.2, 0.25) is 0 Å². The van der Waals surface area contributed by atoms with E-state index >= 15 is 0 Å². The minimum Gasteiger partial charge on any atom is -0.366 e. The van der Waals surface area contributed by atoms with Crippen molar-refractivity contribution in [3.8, 4) is 6.07 Å². The van der Waals surface area contributed by atoms with Crippen molar-refractivity contribution in [2.75, 3.05) is 17.3 Å². The van der Waals surface area contributed by atoms with Gasteiger partial charge in [0.25, 0.3) is 0 Å². The summed E-state index contributed by atoms with van der Waals surface area (Å²) in [4.78, 5) is 0. The molecule has 0 aliphatic rings. The van der Waals surface area contributed by atoms with E-state index in [4.69, 9.17) is 5.26 Å². The molecule has 1 heterocycles. The van der Waals surface area contributed by atoms with Gasteiger partial charge in [-0.05, 0) is 13.8 Å². The maximum atomic E-state index is 11.1. The Hall–Kier alpha value is -1.35. The molecule has 2 atom stereocenters. The number of hydrogen-bond acceptors (Lipinski definition) is 4. The number of anilines is 1. The Morgan fingerprint density at radius 3 is 2.81 bits per heavy atom. The zero-order valence-electron chi connectivity index (χ0n) is 9.94. The third-order valence-corrected chi connectivity index (χ3v) is 3.17. The van der Waals surface area contributed by atoms with Crippen molar-refractivity contribution >= 4 is 16.6 Å². The summed E-state index contributed by atoms with van der Waals surface area (Å²) in [6.45, 7) is 3.73. The molecule has 1 N–H and O–H groups in total. The van der Waals surface area contributed by atoms with Crippen LogP contribution in [0.5, 0.6) is 0 Å². The SMILES string of the molecule is Cc1nn(C)c(NC(C)CS(C)=O)c1C#N. The summed E-state index contributed by atoms with van der Waals surface area (Å²) in [5, 5.41) is 16.3. The number of hydrogen-bond donors (Lipinski definition) is 1. The lowest BCUT2D eigenvalue weighted by molar-refractivity contribution is 0.681. The van der Waals surface area contributed by atoms with Crippen LogP contribution in [0.15, 0.2) is 0 Å². The van der Waals surface area contributed by atoms with Crippen LogP contribution >= 0.6 is 0 Å². The first kappa shape index (κ1) is 12.7. The van der Waals surface area contributed by atoms with E-state index in [1.54, 1.807) is 24.9 Å². The highest BCUT2D eigenvalue weighted by molar-refractivity contribution is 7.84. The van der Waals surface area contributed by atoms with Crippen LogP contribution in [-0.2, 0) is 17.8 Å². The molecular formula is C10H16N4OS. The van der Waals surface area contributed by atoms with Gasteiger partial charge in [0.1, 0.15) is 17.5 Å². The maximum Gasteiger partial charge on any atom is 0.142 e. The van der Waals surface area contributed by atoms with Crippen LogP contribution < -0.4 is 5.32 Å². The minimum atomic E-state index is -0.853. The Labute approximate surface area is 97.9 Å². The van der Waals surface area contributed by atoms with Crippen molar-refractivity contribution in [3.63, 3.8) is 0 Å². The highest BCUT2D eigenvalue weighted by Crippen LogP contribution is 2.18. The molecule has 0 aromatic carbocycles. The molecule has 0 fully saturated rings. The zero-order chi connectivity index (χ0) is 12.3. The van der Waals surface area contributed by atoms with Crippen LogP contribution in [0.25, 0.3) is 0 Å². The van der Waals surface area contributed by atoms with Crippen molar-refractivity contribution in [2.45, 2.75) is 19.9 Å². The molecule has 88 valence electrons. The van der Waals surface area contributed by atoms with Gasteiger partial charge in [0, 0.05) is 35.9 Å². The van der Waals surface area contributed by atoms with Gasteiger partial charge in [-0.3, -0.25) is 8.89 Å². The Morgan fingerprint density at radius 1 is 1.69 bits per heavy atom. The summed E-state index contributed by atoms with van der Waals surface area (Å²) in [6.07, 6.45) is 1.66. The Morgan fingerprint density at radius 2 is 2.31 bits per heavy atom.